The van der Waals surface area contributed by atoms with Crippen LogP contribution < -0.4 is 0 Å². The van der Waals surface area contributed by atoms with E-state index in [1.807, 2.05) is 24.8 Å². The number of piperazine rings is 1. The molecule has 2 rings (SSSR count). The molecule has 1 saturated heterocycles. The van der Waals surface area contributed by atoms with Crippen LogP contribution in [0.1, 0.15) is 36.2 Å². The summed E-state index contributed by atoms with van der Waals surface area (Å²) in [5.74, 6) is 0.478. The summed E-state index contributed by atoms with van der Waals surface area (Å²) in [5.41, 5.74) is 1.13. The molecule has 1 fully saturated rings. The minimum absolute atomic E-state index is 0.0413. The van der Waals surface area contributed by atoms with E-state index in [2.05, 4.69) is 0 Å². The first-order chi connectivity index (χ1) is 10.5. The second kappa shape index (κ2) is 7.08. The Labute approximate surface area is 131 Å². The van der Waals surface area contributed by atoms with E-state index in [4.69, 9.17) is 5.26 Å². The van der Waals surface area contributed by atoms with Crippen LogP contribution in [-0.4, -0.2) is 47.8 Å². The maximum Gasteiger partial charge on any atom is 0.253 e. The molecule has 1 heterocycles. The van der Waals surface area contributed by atoms with E-state index in [0.717, 1.165) is 0 Å². The zero-order valence-electron chi connectivity index (χ0n) is 13.1. The SMILES string of the molecule is CC(C)CC(=O)N1CCN(C(=O)c2ccc(C#N)cc2)CC1. The van der Waals surface area contributed by atoms with E-state index in [1.54, 1.807) is 29.2 Å². The Bertz CT molecular complexity index is 579. The quantitative estimate of drug-likeness (QED) is 0.856. The molecule has 22 heavy (non-hydrogen) atoms. The Kier molecular flexibility index (Phi) is 5.16. The highest BCUT2D eigenvalue weighted by Gasteiger charge is 2.24. The molecule has 5 heteroatoms. The van der Waals surface area contributed by atoms with E-state index in [1.165, 1.54) is 0 Å². The average molecular weight is 299 g/mol. The van der Waals surface area contributed by atoms with Crippen molar-refractivity contribution in [2.45, 2.75) is 20.3 Å². The molecule has 1 aromatic rings. The molecule has 0 aliphatic carbocycles. The smallest absolute Gasteiger partial charge is 0.253 e. The standard InChI is InChI=1S/C17H21N3O2/c1-13(2)11-16(21)19-7-9-20(10-8-19)17(22)15-5-3-14(12-18)4-6-15/h3-6,13H,7-11H2,1-2H3. The van der Waals surface area contributed by atoms with Gasteiger partial charge in [0.25, 0.3) is 5.91 Å². The largest absolute Gasteiger partial charge is 0.339 e. The van der Waals surface area contributed by atoms with Gasteiger partial charge < -0.3 is 9.80 Å². The van der Waals surface area contributed by atoms with Crippen molar-refractivity contribution in [1.82, 2.24) is 9.80 Å². The van der Waals surface area contributed by atoms with Crippen molar-refractivity contribution in [3.05, 3.63) is 35.4 Å². The Morgan fingerprint density at radius 3 is 2.14 bits per heavy atom. The second-order valence-electron chi connectivity index (χ2n) is 5.96. The molecule has 0 saturated carbocycles. The summed E-state index contributed by atoms with van der Waals surface area (Å²) in [6.07, 6.45) is 0.559. The molecule has 1 aliphatic rings. The van der Waals surface area contributed by atoms with Crippen molar-refractivity contribution in [3.63, 3.8) is 0 Å². The van der Waals surface area contributed by atoms with Crippen molar-refractivity contribution in [3.8, 4) is 6.07 Å². The summed E-state index contributed by atoms with van der Waals surface area (Å²) in [4.78, 5) is 28.0. The number of hydrogen-bond acceptors (Lipinski definition) is 3. The summed E-state index contributed by atoms with van der Waals surface area (Å²) in [7, 11) is 0. The lowest BCUT2D eigenvalue weighted by molar-refractivity contribution is -0.133. The van der Waals surface area contributed by atoms with Crippen LogP contribution in [-0.2, 0) is 4.79 Å². The molecule has 1 aromatic carbocycles. The van der Waals surface area contributed by atoms with Crippen LogP contribution in [0.2, 0.25) is 0 Å². The lowest BCUT2D eigenvalue weighted by atomic mass is 10.1. The highest BCUT2D eigenvalue weighted by Crippen LogP contribution is 2.12. The van der Waals surface area contributed by atoms with Gasteiger partial charge in [-0.2, -0.15) is 5.26 Å². The van der Waals surface area contributed by atoms with E-state index in [0.29, 0.717) is 49.6 Å². The van der Waals surface area contributed by atoms with Crippen LogP contribution in [0.25, 0.3) is 0 Å². The monoisotopic (exact) mass is 299 g/mol. The minimum atomic E-state index is -0.0413. The number of nitriles is 1. The van der Waals surface area contributed by atoms with Crippen LogP contribution in [0.3, 0.4) is 0 Å². The number of carbonyl (C=O) groups is 2. The predicted octanol–water partition coefficient (Wildman–Crippen LogP) is 1.89. The zero-order valence-corrected chi connectivity index (χ0v) is 13.1. The molecule has 0 unspecified atom stereocenters. The molecule has 2 amide bonds. The van der Waals surface area contributed by atoms with Gasteiger partial charge in [0.2, 0.25) is 5.91 Å². The summed E-state index contributed by atoms with van der Waals surface area (Å²) in [6.45, 7) is 6.36. The highest BCUT2D eigenvalue weighted by atomic mass is 16.2. The molecular formula is C17H21N3O2. The predicted molar refractivity (Wildman–Crippen MR) is 83.1 cm³/mol. The van der Waals surface area contributed by atoms with Gasteiger partial charge in [0.1, 0.15) is 0 Å². The summed E-state index contributed by atoms with van der Waals surface area (Å²) in [5, 5.41) is 8.78. The lowest BCUT2D eigenvalue weighted by Crippen LogP contribution is -2.50. The van der Waals surface area contributed by atoms with E-state index < -0.39 is 0 Å². The number of carbonyl (C=O) groups excluding carboxylic acids is 2. The Morgan fingerprint density at radius 1 is 1.09 bits per heavy atom. The average Bonchev–Trinajstić information content (AvgIpc) is 2.54. The fourth-order valence-electron chi connectivity index (χ4n) is 2.51. The molecule has 0 N–H and O–H groups in total. The topological polar surface area (TPSA) is 64.4 Å². The van der Waals surface area contributed by atoms with E-state index in [-0.39, 0.29) is 11.8 Å². The first-order valence-corrected chi connectivity index (χ1v) is 7.58. The summed E-state index contributed by atoms with van der Waals surface area (Å²) < 4.78 is 0. The third-order valence-corrected chi connectivity index (χ3v) is 3.76. The van der Waals surface area contributed by atoms with E-state index >= 15 is 0 Å². The van der Waals surface area contributed by atoms with Gasteiger partial charge in [0.05, 0.1) is 11.6 Å². The van der Waals surface area contributed by atoms with Crippen LogP contribution in [0.4, 0.5) is 0 Å². The Balaban J connectivity index is 1.92. The van der Waals surface area contributed by atoms with Crippen molar-refractivity contribution in [2.75, 3.05) is 26.2 Å². The van der Waals surface area contributed by atoms with Crippen molar-refractivity contribution in [1.29, 1.82) is 5.26 Å². The Hall–Kier alpha value is -2.35. The summed E-state index contributed by atoms with van der Waals surface area (Å²) in [6, 6.07) is 8.69. The molecule has 0 aromatic heterocycles. The Morgan fingerprint density at radius 2 is 1.64 bits per heavy atom. The van der Waals surface area contributed by atoms with Crippen LogP contribution >= 0.6 is 0 Å². The van der Waals surface area contributed by atoms with Crippen LogP contribution in [0.5, 0.6) is 0 Å². The van der Waals surface area contributed by atoms with Gasteiger partial charge in [-0.25, -0.2) is 0 Å². The number of amides is 2. The van der Waals surface area contributed by atoms with Crippen LogP contribution in [0.15, 0.2) is 24.3 Å². The number of nitrogens with zero attached hydrogens (tertiary/aromatic N) is 3. The first-order valence-electron chi connectivity index (χ1n) is 7.58. The maximum atomic E-state index is 12.4. The third kappa shape index (κ3) is 3.85. The van der Waals surface area contributed by atoms with Gasteiger partial charge >= 0.3 is 0 Å². The van der Waals surface area contributed by atoms with Gasteiger partial charge in [-0.1, -0.05) is 13.8 Å². The first kappa shape index (κ1) is 16.0. The molecule has 116 valence electrons. The van der Waals surface area contributed by atoms with Gasteiger partial charge in [0.15, 0.2) is 0 Å². The minimum Gasteiger partial charge on any atom is -0.339 e. The van der Waals surface area contributed by atoms with E-state index in [9.17, 15) is 9.59 Å². The lowest BCUT2D eigenvalue weighted by Gasteiger charge is -2.35. The normalized spacial score (nSPS) is 14.8. The van der Waals surface area contributed by atoms with Crippen LogP contribution in [0, 0.1) is 17.2 Å². The van der Waals surface area contributed by atoms with Gasteiger partial charge in [-0.05, 0) is 30.2 Å². The van der Waals surface area contributed by atoms with Crippen molar-refractivity contribution in [2.24, 2.45) is 5.92 Å². The number of rotatable bonds is 3. The number of benzene rings is 1. The maximum absolute atomic E-state index is 12.4. The third-order valence-electron chi connectivity index (χ3n) is 3.76. The number of hydrogen-bond donors (Lipinski definition) is 0. The molecule has 0 radical (unpaired) electrons. The second-order valence-corrected chi connectivity index (χ2v) is 5.96. The highest BCUT2D eigenvalue weighted by molar-refractivity contribution is 5.94. The molecule has 0 atom stereocenters. The molecular weight excluding hydrogens is 278 g/mol. The van der Waals surface area contributed by atoms with Crippen molar-refractivity contribution >= 4 is 11.8 Å². The van der Waals surface area contributed by atoms with Gasteiger partial charge in [-0.3, -0.25) is 9.59 Å². The van der Waals surface area contributed by atoms with Crippen molar-refractivity contribution < 1.29 is 9.59 Å². The summed E-state index contributed by atoms with van der Waals surface area (Å²) >= 11 is 0. The fraction of sp³-hybridized carbons (Fsp3) is 0.471. The zero-order chi connectivity index (χ0) is 16.1. The molecule has 0 bridgehead atoms. The van der Waals surface area contributed by atoms with Gasteiger partial charge in [0, 0.05) is 38.2 Å². The molecule has 5 nitrogen and oxygen atoms in total. The van der Waals surface area contributed by atoms with Gasteiger partial charge in [-0.15, -0.1) is 0 Å². The molecule has 0 spiro atoms. The molecule has 1 aliphatic heterocycles. The fourth-order valence-corrected chi connectivity index (χ4v) is 2.51.